The minimum atomic E-state index is 0.0896. The number of carbonyl (C=O) groups excluding carboxylic acids is 2. The maximum atomic E-state index is 12.5. The van der Waals surface area contributed by atoms with Gasteiger partial charge in [-0.2, -0.15) is 0 Å². The molecule has 5 nitrogen and oxygen atoms in total. The number of hydrogen-bond donors (Lipinski definition) is 1. The van der Waals surface area contributed by atoms with E-state index in [-0.39, 0.29) is 17.9 Å². The van der Waals surface area contributed by atoms with Gasteiger partial charge >= 0.3 is 6.03 Å². The van der Waals surface area contributed by atoms with E-state index >= 15 is 0 Å². The Bertz CT molecular complexity index is 426. The molecule has 0 unspecified atom stereocenters. The van der Waals surface area contributed by atoms with Crippen molar-refractivity contribution in [2.45, 2.75) is 64.3 Å². The Morgan fingerprint density at radius 2 is 1.43 bits per heavy atom. The van der Waals surface area contributed by atoms with Crippen LogP contribution in [0.15, 0.2) is 0 Å². The third-order valence-electron chi connectivity index (χ3n) is 5.95. The fourth-order valence-electron chi connectivity index (χ4n) is 4.27. The molecule has 5 heteroatoms. The Balaban J connectivity index is 1.44. The molecule has 1 aliphatic carbocycles. The second-order valence-electron chi connectivity index (χ2n) is 7.61. The molecule has 0 spiro atoms. The number of nitrogens with zero attached hydrogens (tertiary/aromatic N) is 2. The predicted octanol–water partition coefficient (Wildman–Crippen LogP) is 2.61. The highest BCUT2D eigenvalue weighted by Gasteiger charge is 2.32. The standard InChI is InChI=1S/C18H31N3O2/c1-14-6-2-3-7-16(14)19-17(22)15-8-12-21(13-9-15)18(23)20-10-4-5-11-20/h14-16H,2-13H2,1H3,(H,19,22)/t14-,16+/m0/s1. The Hall–Kier alpha value is -1.26. The summed E-state index contributed by atoms with van der Waals surface area (Å²) < 4.78 is 0. The topological polar surface area (TPSA) is 52.7 Å². The van der Waals surface area contributed by atoms with Crippen LogP contribution >= 0.6 is 0 Å². The number of nitrogens with one attached hydrogen (secondary N) is 1. The van der Waals surface area contributed by atoms with Crippen molar-refractivity contribution in [3.05, 3.63) is 0 Å². The zero-order valence-electron chi connectivity index (χ0n) is 14.4. The van der Waals surface area contributed by atoms with Crippen molar-refractivity contribution in [1.82, 2.24) is 15.1 Å². The van der Waals surface area contributed by atoms with Gasteiger partial charge in [0.2, 0.25) is 5.91 Å². The zero-order chi connectivity index (χ0) is 16.2. The van der Waals surface area contributed by atoms with Gasteiger partial charge in [0.05, 0.1) is 0 Å². The lowest BCUT2D eigenvalue weighted by Gasteiger charge is -2.35. The van der Waals surface area contributed by atoms with Crippen molar-refractivity contribution in [2.24, 2.45) is 11.8 Å². The molecule has 0 aromatic carbocycles. The second-order valence-corrected chi connectivity index (χ2v) is 7.61. The molecule has 23 heavy (non-hydrogen) atoms. The molecule has 2 saturated heterocycles. The number of urea groups is 1. The van der Waals surface area contributed by atoms with Crippen LogP contribution < -0.4 is 5.32 Å². The third-order valence-corrected chi connectivity index (χ3v) is 5.95. The van der Waals surface area contributed by atoms with Crippen LogP contribution in [-0.4, -0.2) is 54.0 Å². The Morgan fingerprint density at radius 3 is 2.09 bits per heavy atom. The molecule has 2 atom stereocenters. The van der Waals surface area contributed by atoms with E-state index in [0.717, 1.165) is 58.3 Å². The lowest BCUT2D eigenvalue weighted by molar-refractivity contribution is -0.127. The van der Waals surface area contributed by atoms with E-state index in [1.54, 1.807) is 0 Å². The minimum absolute atomic E-state index is 0.0896. The monoisotopic (exact) mass is 321 g/mol. The molecule has 1 N–H and O–H groups in total. The summed E-state index contributed by atoms with van der Waals surface area (Å²) in [6.07, 6.45) is 8.77. The van der Waals surface area contributed by atoms with Crippen molar-refractivity contribution >= 4 is 11.9 Å². The Kier molecular flexibility index (Phi) is 5.44. The molecular weight excluding hydrogens is 290 g/mol. The smallest absolute Gasteiger partial charge is 0.319 e. The molecule has 3 amide bonds. The van der Waals surface area contributed by atoms with Crippen LogP contribution in [0.4, 0.5) is 4.79 Å². The number of hydrogen-bond acceptors (Lipinski definition) is 2. The van der Waals surface area contributed by atoms with Crippen LogP contribution in [-0.2, 0) is 4.79 Å². The highest BCUT2D eigenvalue weighted by atomic mass is 16.2. The van der Waals surface area contributed by atoms with Gasteiger partial charge in [-0.15, -0.1) is 0 Å². The normalized spacial score (nSPS) is 29.6. The summed E-state index contributed by atoms with van der Waals surface area (Å²) in [6, 6.07) is 0.544. The van der Waals surface area contributed by atoms with Crippen LogP contribution in [0.5, 0.6) is 0 Å². The summed E-state index contributed by atoms with van der Waals surface area (Å²) in [6.45, 7) is 5.51. The third kappa shape index (κ3) is 3.99. The molecule has 2 heterocycles. The summed E-state index contributed by atoms with van der Waals surface area (Å²) in [4.78, 5) is 28.8. The van der Waals surface area contributed by atoms with Crippen molar-refractivity contribution in [2.75, 3.05) is 26.2 Å². The predicted molar refractivity (Wildman–Crippen MR) is 90.1 cm³/mol. The molecule has 3 fully saturated rings. The second kappa shape index (κ2) is 7.54. The van der Waals surface area contributed by atoms with Gasteiger partial charge in [-0.25, -0.2) is 4.79 Å². The van der Waals surface area contributed by atoms with Gasteiger partial charge in [0, 0.05) is 38.1 Å². The highest BCUT2D eigenvalue weighted by Crippen LogP contribution is 2.25. The lowest BCUT2D eigenvalue weighted by Crippen LogP contribution is -2.49. The van der Waals surface area contributed by atoms with Gasteiger partial charge in [-0.1, -0.05) is 19.8 Å². The van der Waals surface area contributed by atoms with E-state index < -0.39 is 0 Å². The Labute approximate surface area is 139 Å². The number of carbonyl (C=O) groups is 2. The molecule has 0 bridgehead atoms. The van der Waals surface area contributed by atoms with Crippen molar-refractivity contribution in [3.8, 4) is 0 Å². The molecule has 130 valence electrons. The van der Waals surface area contributed by atoms with E-state index in [2.05, 4.69) is 12.2 Å². The van der Waals surface area contributed by atoms with Crippen molar-refractivity contribution < 1.29 is 9.59 Å². The van der Waals surface area contributed by atoms with Gasteiger partial charge in [0.25, 0.3) is 0 Å². The summed E-state index contributed by atoms with van der Waals surface area (Å²) in [5.41, 5.74) is 0. The van der Waals surface area contributed by atoms with Crippen LogP contribution in [0.1, 0.15) is 58.3 Å². The van der Waals surface area contributed by atoms with Crippen LogP contribution in [0.3, 0.4) is 0 Å². The SMILES string of the molecule is C[C@H]1CCCC[C@H]1NC(=O)C1CCN(C(=O)N2CCCC2)CC1. The first kappa shape index (κ1) is 16.6. The quantitative estimate of drug-likeness (QED) is 0.850. The number of likely N-dealkylation sites (tertiary alicyclic amines) is 2. The van der Waals surface area contributed by atoms with Gasteiger partial charge < -0.3 is 15.1 Å². The fourth-order valence-corrected chi connectivity index (χ4v) is 4.27. The first-order valence-electron chi connectivity index (χ1n) is 9.49. The minimum Gasteiger partial charge on any atom is -0.353 e. The fraction of sp³-hybridized carbons (Fsp3) is 0.889. The highest BCUT2D eigenvalue weighted by molar-refractivity contribution is 5.80. The molecule has 1 saturated carbocycles. The summed E-state index contributed by atoms with van der Waals surface area (Å²) >= 11 is 0. The maximum absolute atomic E-state index is 12.5. The first-order valence-corrected chi connectivity index (χ1v) is 9.49. The van der Waals surface area contributed by atoms with E-state index in [9.17, 15) is 9.59 Å². The van der Waals surface area contributed by atoms with Crippen LogP contribution in [0.2, 0.25) is 0 Å². The Morgan fingerprint density at radius 1 is 0.826 bits per heavy atom. The molecule has 3 rings (SSSR count). The summed E-state index contributed by atoms with van der Waals surface area (Å²) in [5, 5.41) is 3.28. The van der Waals surface area contributed by atoms with E-state index in [4.69, 9.17) is 0 Å². The number of rotatable bonds is 2. The van der Waals surface area contributed by atoms with Gasteiger partial charge in [0.15, 0.2) is 0 Å². The van der Waals surface area contributed by atoms with E-state index in [1.165, 1.54) is 19.3 Å². The largest absolute Gasteiger partial charge is 0.353 e. The zero-order valence-corrected chi connectivity index (χ0v) is 14.4. The van der Waals surface area contributed by atoms with Gasteiger partial charge in [-0.05, 0) is 44.4 Å². The molecule has 0 aromatic heterocycles. The van der Waals surface area contributed by atoms with E-state index in [0.29, 0.717) is 12.0 Å². The van der Waals surface area contributed by atoms with Gasteiger partial charge in [0.1, 0.15) is 0 Å². The first-order chi connectivity index (χ1) is 11.1. The van der Waals surface area contributed by atoms with Crippen LogP contribution in [0.25, 0.3) is 0 Å². The van der Waals surface area contributed by atoms with E-state index in [1.807, 2.05) is 9.80 Å². The van der Waals surface area contributed by atoms with Gasteiger partial charge in [-0.3, -0.25) is 4.79 Å². The van der Waals surface area contributed by atoms with Crippen molar-refractivity contribution in [3.63, 3.8) is 0 Å². The molecule has 3 aliphatic rings. The average Bonchev–Trinajstić information content (AvgIpc) is 3.11. The summed E-state index contributed by atoms with van der Waals surface area (Å²) in [7, 11) is 0. The maximum Gasteiger partial charge on any atom is 0.319 e. The molecule has 2 aliphatic heterocycles. The number of amides is 3. The molecular formula is C18H31N3O2. The summed E-state index contributed by atoms with van der Waals surface area (Å²) in [5.74, 6) is 0.910. The van der Waals surface area contributed by atoms with Crippen LogP contribution in [0, 0.1) is 11.8 Å². The molecule has 0 aromatic rings. The average molecular weight is 321 g/mol. The van der Waals surface area contributed by atoms with Crippen molar-refractivity contribution in [1.29, 1.82) is 0 Å². The molecule has 0 radical (unpaired) electrons. The number of piperidine rings is 1. The lowest BCUT2D eigenvalue weighted by atomic mass is 9.85.